The highest BCUT2D eigenvalue weighted by atomic mass is 16.5. The van der Waals surface area contributed by atoms with Crippen LogP contribution in [0.15, 0.2) is 48.7 Å². The van der Waals surface area contributed by atoms with Crippen LogP contribution < -0.4 is 4.74 Å². The van der Waals surface area contributed by atoms with Crippen LogP contribution in [0.2, 0.25) is 0 Å². The van der Waals surface area contributed by atoms with Gasteiger partial charge in [-0.1, -0.05) is 24.3 Å². The summed E-state index contributed by atoms with van der Waals surface area (Å²) >= 11 is 0. The van der Waals surface area contributed by atoms with Crippen LogP contribution in [0.1, 0.15) is 35.4 Å². The summed E-state index contributed by atoms with van der Waals surface area (Å²) in [5, 5.41) is 11.8. The van der Waals surface area contributed by atoms with Crippen LogP contribution >= 0.6 is 0 Å². The standard InChI is InChI=1S/C24H30N2O2/c1-17-11-18(2)13-21(12-17)28-16-20(27)15-26-9-7-19(8-10-26)23-14-25-24-6-4-3-5-22(23)24/h3-6,11-14,19-20,25,27H,7-10,15-16H2,1-2H3. The minimum absolute atomic E-state index is 0.339. The van der Waals surface area contributed by atoms with Crippen LogP contribution in [-0.4, -0.2) is 47.3 Å². The zero-order chi connectivity index (χ0) is 19.5. The molecule has 0 spiro atoms. The summed E-state index contributed by atoms with van der Waals surface area (Å²) in [4.78, 5) is 5.76. The van der Waals surface area contributed by atoms with Gasteiger partial charge in [-0.05, 0) is 80.6 Å². The lowest BCUT2D eigenvalue weighted by Crippen LogP contribution is -2.40. The number of piperidine rings is 1. The Bertz CT molecular complexity index is 905. The largest absolute Gasteiger partial charge is 0.491 e. The summed E-state index contributed by atoms with van der Waals surface area (Å²) in [6, 6.07) is 14.7. The fraction of sp³-hybridized carbons (Fsp3) is 0.417. The molecule has 1 fully saturated rings. The smallest absolute Gasteiger partial charge is 0.119 e. The van der Waals surface area contributed by atoms with Gasteiger partial charge in [0.1, 0.15) is 18.5 Å². The summed E-state index contributed by atoms with van der Waals surface area (Å²) in [6.45, 7) is 7.18. The summed E-state index contributed by atoms with van der Waals surface area (Å²) < 4.78 is 5.82. The Hall–Kier alpha value is -2.30. The number of aryl methyl sites for hydroxylation is 2. The third kappa shape index (κ3) is 4.40. The first-order valence-corrected chi connectivity index (χ1v) is 10.3. The number of hydrogen-bond acceptors (Lipinski definition) is 3. The summed E-state index contributed by atoms with van der Waals surface area (Å²) in [5.74, 6) is 1.44. The molecule has 0 bridgehead atoms. The second-order valence-electron chi connectivity index (χ2n) is 8.15. The average molecular weight is 379 g/mol. The molecule has 2 heterocycles. The predicted octanol–water partition coefficient (Wildman–Crippen LogP) is 4.40. The number of ether oxygens (including phenoxy) is 1. The Kier molecular flexibility index (Phi) is 5.69. The van der Waals surface area contributed by atoms with Gasteiger partial charge in [0.05, 0.1) is 0 Å². The highest BCUT2D eigenvalue weighted by molar-refractivity contribution is 5.83. The molecule has 1 unspecified atom stereocenters. The molecule has 2 N–H and O–H groups in total. The number of hydrogen-bond donors (Lipinski definition) is 2. The lowest BCUT2D eigenvalue weighted by Gasteiger charge is -2.33. The second-order valence-corrected chi connectivity index (χ2v) is 8.15. The van der Waals surface area contributed by atoms with E-state index in [-0.39, 0.29) is 0 Å². The summed E-state index contributed by atoms with van der Waals surface area (Å²) in [6.07, 6.45) is 3.97. The van der Waals surface area contributed by atoms with E-state index in [0.29, 0.717) is 19.1 Å². The number of β-amino-alcohol motifs (C(OH)–C–C–N with tert-alkyl or cyclic N) is 1. The van der Waals surface area contributed by atoms with Crippen LogP contribution in [-0.2, 0) is 0 Å². The van der Waals surface area contributed by atoms with Gasteiger partial charge in [-0.3, -0.25) is 0 Å². The van der Waals surface area contributed by atoms with Crippen LogP contribution in [0.4, 0.5) is 0 Å². The Morgan fingerprint density at radius 3 is 2.57 bits per heavy atom. The average Bonchev–Trinajstić information content (AvgIpc) is 3.10. The number of aliphatic hydroxyl groups is 1. The fourth-order valence-corrected chi connectivity index (χ4v) is 4.42. The fourth-order valence-electron chi connectivity index (χ4n) is 4.42. The van der Waals surface area contributed by atoms with E-state index in [1.165, 1.54) is 27.6 Å². The highest BCUT2D eigenvalue weighted by Crippen LogP contribution is 2.33. The first kappa shape index (κ1) is 19.0. The molecule has 0 amide bonds. The molecule has 148 valence electrons. The van der Waals surface area contributed by atoms with E-state index in [2.05, 4.69) is 60.3 Å². The molecular formula is C24H30N2O2. The van der Waals surface area contributed by atoms with Crippen LogP contribution in [0.5, 0.6) is 5.75 Å². The van der Waals surface area contributed by atoms with E-state index >= 15 is 0 Å². The van der Waals surface area contributed by atoms with Gasteiger partial charge in [-0.2, -0.15) is 0 Å². The van der Waals surface area contributed by atoms with E-state index in [1.807, 2.05) is 12.1 Å². The van der Waals surface area contributed by atoms with Gasteiger partial charge in [0.2, 0.25) is 0 Å². The third-order valence-corrected chi connectivity index (χ3v) is 5.76. The van der Waals surface area contributed by atoms with Gasteiger partial charge in [0.15, 0.2) is 0 Å². The number of para-hydroxylation sites is 1. The number of aromatic amines is 1. The van der Waals surface area contributed by atoms with Crippen LogP contribution in [0.3, 0.4) is 0 Å². The molecule has 4 rings (SSSR count). The Morgan fingerprint density at radius 1 is 1.11 bits per heavy atom. The normalized spacial score (nSPS) is 17.1. The van der Waals surface area contributed by atoms with E-state index in [4.69, 9.17) is 4.74 Å². The lowest BCUT2D eigenvalue weighted by molar-refractivity contribution is 0.0594. The van der Waals surface area contributed by atoms with E-state index in [0.717, 1.165) is 31.7 Å². The van der Waals surface area contributed by atoms with Gasteiger partial charge < -0.3 is 19.7 Å². The Balaban J connectivity index is 1.27. The van der Waals surface area contributed by atoms with Gasteiger partial charge in [-0.15, -0.1) is 0 Å². The van der Waals surface area contributed by atoms with E-state index in [9.17, 15) is 5.11 Å². The maximum atomic E-state index is 10.4. The monoisotopic (exact) mass is 378 g/mol. The molecule has 1 aliphatic rings. The lowest BCUT2D eigenvalue weighted by atomic mass is 9.89. The van der Waals surface area contributed by atoms with Gasteiger partial charge in [0, 0.05) is 23.6 Å². The predicted molar refractivity (Wildman–Crippen MR) is 114 cm³/mol. The maximum Gasteiger partial charge on any atom is 0.119 e. The molecule has 3 aromatic rings. The number of likely N-dealkylation sites (tertiary alicyclic amines) is 1. The molecule has 1 aromatic heterocycles. The van der Waals surface area contributed by atoms with Crippen molar-refractivity contribution < 1.29 is 9.84 Å². The quantitative estimate of drug-likeness (QED) is 0.668. The van der Waals surface area contributed by atoms with Crippen molar-refractivity contribution >= 4 is 10.9 Å². The zero-order valence-corrected chi connectivity index (χ0v) is 16.8. The molecule has 4 nitrogen and oxygen atoms in total. The second kappa shape index (κ2) is 8.38. The number of rotatable bonds is 6. The van der Waals surface area contributed by atoms with Crippen molar-refractivity contribution in [2.24, 2.45) is 0 Å². The van der Waals surface area contributed by atoms with Crippen molar-refractivity contribution in [2.75, 3.05) is 26.2 Å². The molecule has 0 saturated carbocycles. The van der Waals surface area contributed by atoms with Crippen molar-refractivity contribution in [3.63, 3.8) is 0 Å². The minimum Gasteiger partial charge on any atom is -0.491 e. The highest BCUT2D eigenvalue weighted by Gasteiger charge is 2.24. The minimum atomic E-state index is -0.467. The number of benzene rings is 2. The van der Waals surface area contributed by atoms with Crippen molar-refractivity contribution in [3.05, 3.63) is 65.4 Å². The van der Waals surface area contributed by atoms with E-state index < -0.39 is 6.10 Å². The Morgan fingerprint density at radius 2 is 1.82 bits per heavy atom. The first-order chi connectivity index (χ1) is 13.6. The van der Waals surface area contributed by atoms with Crippen LogP contribution in [0, 0.1) is 13.8 Å². The molecule has 1 saturated heterocycles. The molecule has 1 atom stereocenters. The number of H-pyrrole nitrogens is 1. The molecular weight excluding hydrogens is 348 g/mol. The van der Waals surface area contributed by atoms with Crippen molar-refractivity contribution in [1.29, 1.82) is 0 Å². The van der Waals surface area contributed by atoms with Crippen molar-refractivity contribution in [2.45, 2.75) is 38.7 Å². The first-order valence-electron chi connectivity index (χ1n) is 10.3. The number of aliphatic hydroxyl groups excluding tert-OH is 1. The molecule has 4 heteroatoms. The van der Waals surface area contributed by atoms with Crippen molar-refractivity contribution in [1.82, 2.24) is 9.88 Å². The van der Waals surface area contributed by atoms with Gasteiger partial charge in [0.25, 0.3) is 0 Å². The van der Waals surface area contributed by atoms with Gasteiger partial charge >= 0.3 is 0 Å². The summed E-state index contributed by atoms with van der Waals surface area (Å²) in [5.41, 5.74) is 5.03. The number of fused-ring (bicyclic) bond motifs is 1. The maximum absolute atomic E-state index is 10.4. The molecule has 2 aromatic carbocycles. The number of nitrogens with one attached hydrogen (secondary N) is 1. The molecule has 28 heavy (non-hydrogen) atoms. The SMILES string of the molecule is Cc1cc(C)cc(OCC(O)CN2CCC(c3c[nH]c4ccccc34)CC2)c1. The number of aromatic nitrogens is 1. The van der Waals surface area contributed by atoms with Gasteiger partial charge in [-0.25, -0.2) is 0 Å². The Labute approximate surface area is 167 Å². The zero-order valence-electron chi connectivity index (χ0n) is 16.8. The number of nitrogens with zero attached hydrogens (tertiary/aromatic N) is 1. The topological polar surface area (TPSA) is 48.5 Å². The summed E-state index contributed by atoms with van der Waals surface area (Å²) in [7, 11) is 0. The van der Waals surface area contributed by atoms with Crippen LogP contribution in [0.25, 0.3) is 10.9 Å². The molecule has 0 radical (unpaired) electrons. The molecule has 1 aliphatic heterocycles. The molecule has 0 aliphatic carbocycles. The van der Waals surface area contributed by atoms with E-state index in [1.54, 1.807) is 0 Å². The van der Waals surface area contributed by atoms with Crippen molar-refractivity contribution in [3.8, 4) is 5.75 Å². The third-order valence-electron chi connectivity index (χ3n) is 5.76.